The third-order valence-corrected chi connectivity index (χ3v) is 6.98. The topological polar surface area (TPSA) is 85.2 Å². The van der Waals surface area contributed by atoms with Crippen LogP contribution in [0.3, 0.4) is 0 Å². The van der Waals surface area contributed by atoms with E-state index in [4.69, 9.17) is 10.3 Å². The van der Waals surface area contributed by atoms with E-state index in [1.807, 2.05) is 17.0 Å². The van der Waals surface area contributed by atoms with Crippen molar-refractivity contribution in [1.29, 1.82) is 0 Å². The quantitative estimate of drug-likeness (QED) is 0.814. The van der Waals surface area contributed by atoms with Crippen molar-refractivity contribution in [2.75, 3.05) is 4.90 Å². The van der Waals surface area contributed by atoms with Crippen LogP contribution in [0.2, 0.25) is 0 Å². The standard InChI is InChI=1S/C22H28N4O2.ClH/c1-14-13-15-7-2-5-10-18(15)26(14)20(27)17-9-4-3-8-16(17)19-24-21(25-28-19)22(23)11-6-12-22;/h2,5,7,10,14,16-17H,3-4,6,8-9,11-13,23H2,1H3;1H. The van der Waals surface area contributed by atoms with E-state index < -0.39 is 5.54 Å². The van der Waals surface area contributed by atoms with Crippen molar-refractivity contribution in [2.45, 2.75) is 75.8 Å². The minimum atomic E-state index is -0.432. The van der Waals surface area contributed by atoms with Crippen molar-refractivity contribution in [3.8, 4) is 0 Å². The molecule has 5 rings (SSSR count). The normalized spacial score (nSPS) is 27.7. The summed E-state index contributed by atoms with van der Waals surface area (Å²) in [5.41, 5.74) is 8.26. The first kappa shape index (κ1) is 20.4. The van der Waals surface area contributed by atoms with E-state index in [-0.39, 0.29) is 36.2 Å². The molecule has 156 valence electrons. The second-order valence-corrected chi connectivity index (χ2v) is 8.85. The molecule has 3 atom stereocenters. The molecule has 1 amide bonds. The highest BCUT2D eigenvalue weighted by Crippen LogP contribution is 2.43. The van der Waals surface area contributed by atoms with Crippen molar-refractivity contribution in [3.63, 3.8) is 0 Å². The number of carbonyl (C=O) groups excluding carboxylic acids is 1. The summed E-state index contributed by atoms with van der Waals surface area (Å²) in [6.07, 6.45) is 7.78. The van der Waals surface area contributed by atoms with Gasteiger partial charge in [0.1, 0.15) is 0 Å². The van der Waals surface area contributed by atoms with Gasteiger partial charge in [-0.25, -0.2) is 0 Å². The smallest absolute Gasteiger partial charge is 0.231 e. The van der Waals surface area contributed by atoms with E-state index in [9.17, 15) is 4.79 Å². The Morgan fingerprint density at radius 3 is 2.72 bits per heavy atom. The number of para-hydroxylation sites is 1. The predicted molar refractivity (Wildman–Crippen MR) is 113 cm³/mol. The van der Waals surface area contributed by atoms with Gasteiger partial charge in [0.25, 0.3) is 0 Å². The number of aromatic nitrogens is 2. The Morgan fingerprint density at radius 1 is 1.21 bits per heavy atom. The lowest BCUT2D eigenvalue weighted by Crippen LogP contribution is -2.44. The van der Waals surface area contributed by atoms with Crippen molar-refractivity contribution in [3.05, 3.63) is 41.5 Å². The van der Waals surface area contributed by atoms with Gasteiger partial charge in [0.15, 0.2) is 5.82 Å². The number of nitrogens with two attached hydrogens (primary N) is 1. The number of hydrogen-bond donors (Lipinski definition) is 1. The first-order chi connectivity index (χ1) is 13.6. The third-order valence-electron chi connectivity index (χ3n) is 6.98. The zero-order valence-corrected chi connectivity index (χ0v) is 17.7. The van der Waals surface area contributed by atoms with Crippen LogP contribution in [0.15, 0.2) is 28.8 Å². The minimum absolute atomic E-state index is 0. The number of rotatable bonds is 3. The summed E-state index contributed by atoms with van der Waals surface area (Å²) in [7, 11) is 0. The molecule has 6 nitrogen and oxygen atoms in total. The lowest BCUT2D eigenvalue weighted by molar-refractivity contribution is -0.124. The molecule has 3 aliphatic rings. The molecule has 2 aromatic rings. The molecule has 7 heteroatoms. The van der Waals surface area contributed by atoms with E-state index >= 15 is 0 Å². The SMILES string of the molecule is CC1Cc2ccccc2N1C(=O)C1CCCCC1c1nc(C2(N)CCC2)no1.Cl. The van der Waals surface area contributed by atoms with Crippen LogP contribution < -0.4 is 10.6 Å². The first-order valence-electron chi connectivity index (χ1n) is 10.6. The van der Waals surface area contributed by atoms with Crippen molar-refractivity contribution < 1.29 is 9.32 Å². The first-order valence-corrected chi connectivity index (χ1v) is 10.6. The predicted octanol–water partition coefficient (Wildman–Crippen LogP) is 4.08. The highest BCUT2D eigenvalue weighted by molar-refractivity contribution is 5.98. The molecular weight excluding hydrogens is 388 g/mol. The monoisotopic (exact) mass is 416 g/mol. The molecule has 0 saturated heterocycles. The Kier molecular flexibility index (Phi) is 5.42. The average Bonchev–Trinajstić information content (AvgIpc) is 3.30. The van der Waals surface area contributed by atoms with Crippen LogP contribution in [0.1, 0.15) is 75.1 Å². The maximum absolute atomic E-state index is 13.6. The average molecular weight is 417 g/mol. The van der Waals surface area contributed by atoms with Crippen LogP contribution in [0.25, 0.3) is 0 Å². The van der Waals surface area contributed by atoms with E-state index in [2.05, 4.69) is 29.2 Å². The van der Waals surface area contributed by atoms with E-state index in [0.717, 1.165) is 57.1 Å². The van der Waals surface area contributed by atoms with Gasteiger partial charge in [0.05, 0.1) is 17.4 Å². The summed E-state index contributed by atoms with van der Waals surface area (Å²) in [5, 5.41) is 4.19. The number of fused-ring (bicyclic) bond motifs is 1. The molecule has 2 saturated carbocycles. The highest BCUT2D eigenvalue weighted by atomic mass is 35.5. The summed E-state index contributed by atoms with van der Waals surface area (Å²) in [5.74, 6) is 1.31. The number of halogens is 1. The Labute approximate surface area is 177 Å². The summed E-state index contributed by atoms with van der Waals surface area (Å²) in [6, 6.07) is 8.44. The van der Waals surface area contributed by atoms with Gasteiger partial charge in [-0.15, -0.1) is 12.4 Å². The van der Waals surface area contributed by atoms with Gasteiger partial charge in [-0.3, -0.25) is 4.79 Å². The van der Waals surface area contributed by atoms with E-state index in [0.29, 0.717) is 11.7 Å². The molecule has 2 aliphatic carbocycles. The number of carbonyl (C=O) groups is 1. The van der Waals surface area contributed by atoms with E-state index in [1.165, 1.54) is 5.56 Å². The zero-order valence-electron chi connectivity index (χ0n) is 16.8. The van der Waals surface area contributed by atoms with Crippen LogP contribution >= 0.6 is 12.4 Å². The van der Waals surface area contributed by atoms with Crippen LogP contribution in [0, 0.1) is 5.92 Å². The van der Waals surface area contributed by atoms with Gasteiger partial charge in [-0.05, 0) is 57.1 Å². The van der Waals surface area contributed by atoms with Gasteiger partial charge in [-0.1, -0.05) is 36.2 Å². The number of anilines is 1. The zero-order chi connectivity index (χ0) is 19.3. The van der Waals surface area contributed by atoms with E-state index in [1.54, 1.807) is 0 Å². The molecular formula is C22H29ClN4O2. The molecule has 2 heterocycles. The fourth-order valence-electron chi connectivity index (χ4n) is 5.17. The largest absolute Gasteiger partial charge is 0.339 e. The number of amides is 1. The molecule has 2 N–H and O–H groups in total. The molecule has 1 aromatic carbocycles. The molecule has 3 unspecified atom stereocenters. The second kappa shape index (κ2) is 7.73. The Balaban J connectivity index is 0.00000205. The van der Waals surface area contributed by atoms with Gasteiger partial charge in [-0.2, -0.15) is 4.98 Å². The Hall–Kier alpha value is -1.92. The lowest BCUT2D eigenvalue weighted by atomic mass is 9.76. The maximum Gasteiger partial charge on any atom is 0.231 e. The van der Waals surface area contributed by atoms with Crippen LogP contribution in [-0.4, -0.2) is 22.1 Å². The van der Waals surface area contributed by atoms with Gasteiger partial charge in [0.2, 0.25) is 11.8 Å². The molecule has 0 spiro atoms. The summed E-state index contributed by atoms with van der Waals surface area (Å²) in [4.78, 5) is 20.3. The fourth-order valence-corrected chi connectivity index (χ4v) is 5.17. The summed E-state index contributed by atoms with van der Waals surface area (Å²) >= 11 is 0. The Morgan fingerprint density at radius 2 is 1.97 bits per heavy atom. The van der Waals surface area contributed by atoms with Crippen molar-refractivity contribution in [1.82, 2.24) is 10.1 Å². The minimum Gasteiger partial charge on any atom is -0.339 e. The molecule has 1 aliphatic heterocycles. The van der Waals surface area contributed by atoms with Gasteiger partial charge >= 0.3 is 0 Å². The maximum atomic E-state index is 13.6. The number of benzene rings is 1. The molecule has 0 bridgehead atoms. The molecule has 0 radical (unpaired) electrons. The van der Waals surface area contributed by atoms with Crippen LogP contribution in [-0.2, 0) is 16.8 Å². The molecule has 1 aromatic heterocycles. The van der Waals surface area contributed by atoms with Crippen LogP contribution in [0.4, 0.5) is 5.69 Å². The van der Waals surface area contributed by atoms with Crippen molar-refractivity contribution >= 4 is 24.0 Å². The lowest BCUT2D eigenvalue weighted by Gasteiger charge is -2.35. The number of hydrogen-bond acceptors (Lipinski definition) is 5. The van der Waals surface area contributed by atoms with Gasteiger partial charge < -0.3 is 15.2 Å². The summed E-state index contributed by atoms with van der Waals surface area (Å²) < 4.78 is 5.65. The third kappa shape index (κ3) is 3.36. The fraction of sp³-hybridized carbons (Fsp3) is 0.591. The second-order valence-electron chi connectivity index (χ2n) is 8.85. The highest BCUT2D eigenvalue weighted by Gasteiger charge is 2.43. The molecule has 29 heavy (non-hydrogen) atoms. The van der Waals surface area contributed by atoms with Gasteiger partial charge in [0, 0.05) is 11.7 Å². The van der Waals surface area contributed by atoms with Crippen LogP contribution in [0.5, 0.6) is 0 Å². The number of nitrogens with zero attached hydrogens (tertiary/aromatic N) is 3. The van der Waals surface area contributed by atoms with Crippen molar-refractivity contribution in [2.24, 2.45) is 11.7 Å². The summed E-state index contributed by atoms with van der Waals surface area (Å²) in [6.45, 7) is 2.13. The molecule has 2 fully saturated rings. The Bertz CT molecular complexity index is 894.